The zero-order valence-corrected chi connectivity index (χ0v) is 23.3. The molecule has 2 amide bonds. The average Bonchev–Trinajstić information content (AvgIpc) is 3.50. The Kier molecular flexibility index (Phi) is 7.66. The number of esters is 1. The van der Waals surface area contributed by atoms with Gasteiger partial charge in [0, 0.05) is 17.3 Å². The highest BCUT2D eigenvalue weighted by atomic mass is 32.2. The van der Waals surface area contributed by atoms with Crippen LogP contribution in [0, 0.1) is 11.8 Å². The number of aliphatic hydroxyl groups is 1. The monoisotopic (exact) mass is 540 g/mol. The lowest BCUT2D eigenvalue weighted by molar-refractivity contribution is -0.155. The van der Waals surface area contributed by atoms with E-state index in [2.05, 4.69) is 13.5 Å². The van der Waals surface area contributed by atoms with Gasteiger partial charge in [0.05, 0.1) is 35.8 Å². The summed E-state index contributed by atoms with van der Waals surface area (Å²) in [5.41, 5.74) is 0.781. The van der Waals surface area contributed by atoms with Gasteiger partial charge in [-0.2, -0.15) is 0 Å². The van der Waals surface area contributed by atoms with Crippen molar-refractivity contribution in [1.29, 1.82) is 0 Å². The van der Waals surface area contributed by atoms with Gasteiger partial charge in [-0.05, 0) is 45.1 Å². The number of fused-ring (bicyclic) bond motifs is 1. The number of hydrogen-bond acceptors (Lipinski definition) is 6. The molecule has 3 aliphatic heterocycles. The van der Waals surface area contributed by atoms with Crippen LogP contribution in [-0.4, -0.2) is 74.0 Å². The number of nitrogens with zero attached hydrogens (tertiary/aromatic N) is 2. The van der Waals surface area contributed by atoms with E-state index >= 15 is 0 Å². The highest BCUT2D eigenvalue weighted by Crippen LogP contribution is 2.72. The predicted molar refractivity (Wildman–Crippen MR) is 147 cm³/mol. The number of carbonyl (C=O) groups excluding carboxylic acids is 3. The van der Waals surface area contributed by atoms with Crippen molar-refractivity contribution < 1.29 is 24.2 Å². The van der Waals surface area contributed by atoms with Gasteiger partial charge in [-0.3, -0.25) is 14.4 Å². The van der Waals surface area contributed by atoms with Crippen molar-refractivity contribution in [2.24, 2.45) is 11.8 Å². The number of ether oxygens (including phenoxy) is 1. The number of aliphatic hydroxyl groups excluding tert-OH is 1. The molecule has 3 saturated heterocycles. The van der Waals surface area contributed by atoms with Gasteiger partial charge in [0.1, 0.15) is 6.04 Å². The van der Waals surface area contributed by atoms with Gasteiger partial charge in [0.25, 0.3) is 0 Å². The number of hydrogen-bond donors (Lipinski definition) is 1. The molecule has 1 aliphatic carbocycles. The van der Waals surface area contributed by atoms with Crippen LogP contribution in [0.3, 0.4) is 0 Å². The second kappa shape index (κ2) is 10.7. The van der Waals surface area contributed by atoms with Crippen molar-refractivity contribution in [1.82, 2.24) is 9.80 Å². The Morgan fingerprint density at radius 3 is 2.58 bits per heavy atom. The van der Waals surface area contributed by atoms with Gasteiger partial charge in [0.2, 0.25) is 11.8 Å². The van der Waals surface area contributed by atoms with E-state index in [1.165, 1.54) is 6.42 Å². The average molecular weight is 541 g/mol. The molecule has 6 atom stereocenters. The largest absolute Gasteiger partial charge is 0.466 e. The molecule has 1 N–H and O–H groups in total. The summed E-state index contributed by atoms with van der Waals surface area (Å²) in [6, 6.07) is 8.08. The molecule has 0 radical (unpaired) electrons. The number of amides is 2. The van der Waals surface area contributed by atoms with Crippen LogP contribution in [0.15, 0.2) is 43.0 Å². The van der Waals surface area contributed by atoms with Crippen molar-refractivity contribution in [2.75, 3.05) is 19.8 Å². The van der Waals surface area contributed by atoms with E-state index in [0.29, 0.717) is 13.0 Å². The second-order valence-electron chi connectivity index (χ2n) is 11.4. The smallest absolute Gasteiger partial charge is 0.311 e. The van der Waals surface area contributed by atoms with Crippen LogP contribution in [0.2, 0.25) is 0 Å². The summed E-state index contributed by atoms with van der Waals surface area (Å²) in [6.07, 6.45) is 8.38. The second-order valence-corrected chi connectivity index (χ2v) is 13.3. The Morgan fingerprint density at radius 1 is 1.24 bits per heavy atom. The molecule has 3 heterocycles. The lowest BCUT2D eigenvalue weighted by atomic mass is 9.66. The van der Waals surface area contributed by atoms with Gasteiger partial charge in [-0.25, -0.2) is 0 Å². The number of benzene rings is 1. The van der Waals surface area contributed by atoms with E-state index in [1.54, 1.807) is 29.7 Å². The molecule has 206 valence electrons. The van der Waals surface area contributed by atoms with E-state index in [0.717, 1.165) is 37.7 Å². The topological polar surface area (TPSA) is 87.2 Å². The van der Waals surface area contributed by atoms with E-state index in [4.69, 9.17) is 4.74 Å². The van der Waals surface area contributed by atoms with E-state index < -0.39 is 33.4 Å². The maximum Gasteiger partial charge on any atom is 0.311 e. The van der Waals surface area contributed by atoms with Crippen LogP contribution < -0.4 is 0 Å². The Morgan fingerprint density at radius 2 is 1.95 bits per heavy atom. The van der Waals surface area contributed by atoms with Crippen molar-refractivity contribution >= 4 is 29.5 Å². The summed E-state index contributed by atoms with van der Waals surface area (Å²) in [4.78, 5) is 46.1. The minimum atomic E-state index is -0.773. The first-order chi connectivity index (χ1) is 18.3. The van der Waals surface area contributed by atoms with Gasteiger partial charge >= 0.3 is 5.97 Å². The van der Waals surface area contributed by atoms with Crippen LogP contribution in [-0.2, 0) is 19.1 Å². The van der Waals surface area contributed by atoms with Crippen molar-refractivity contribution in [2.45, 2.75) is 86.4 Å². The fourth-order valence-corrected chi connectivity index (χ4v) is 10.0. The zero-order chi connectivity index (χ0) is 27.1. The molecule has 4 aliphatic rings. The SMILES string of the molecule is C=CCN(C(=O)C1N([C@H](CO)c2ccccc2)C(=O)[C@@H]2[C@H](C(=O)OCC)[C@]3(C)CCC12S3)C1CCCCC1. The highest BCUT2D eigenvalue weighted by Gasteiger charge is 2.78. The summed E-state index contributed by atoms with van der Waals surface area (Å²) >= 11 is 1.65. The quantitative estimate of drug-likeness (QED) is 0.375. The third kappa shape index (κ3) is 4.19. The highest BCUT2D eigenvalue weighted by molar-refractivity contribution is 8.02. The van der Waals surface area contributed by atoms with Crippen molar-refractivity contribution in [3.8, 4) is 0 Å². The molecule has 1 aromatic carbocycles. The third-order valence-electron chi connectivity index (χ3n) is 9.31. The van der Waals surface area contributed by atoms with Crippen LogP contribution in [0.5, 0.6) is 0 Å². The number of carbonyl (C=O) groups is 3. The molecule has 2 unspecified atom stereocenters. The summed E-state index contributed by atoms with van der Waals surface area (Å²) in [5.74, 6) is -1.93. The third-order valence-corrected chi connectivity index (χ3v) is 11.3. The van der Waals surface area contributed by atoms with Gasteiger partial charge in [0.15, 0.2) is 0 Å². The molecule has 5 rings (SSSR count). The molecular weight excluding hydrogens is 500 g/mol. The first kappa shape index (κ1) is 27.3. The first-order valence-corrected chi connectivity index (χ1v) is 14.9. The normalized spacial score (nSPS) is 33.2. The summed E-state index contributed by atoms with van der Waals surface area (Å²) in [7, 11) is 0. The molecular formula is C30H40N2O5S. The van der Waals surface area contributed by atoms with E-state index in [9.17, 15) is 19.5 Å². The number of likely N-dealkylation sites (tertiary alicyclic amines) is 1. The maximum absolute atomic E-state index is 14.7. The number of thioether (sulfide) groups is 1. The number of rotatable bonds is 9. The standard InChI is InChI=1S/C30H40N2O5S/c1-4-18-31(21-14-10-7-11-15-21)27(35)25-30-17-16-29(3,38-30)24(28(36)37-5-2)23(30)26(34)32(25)22(19-33)20-12-8-6-9-13-20/h4,6,8-9,12-13,21-25,33H,1,5,7,10-11,14-19H2,2-3H3/t22-,23+,24-,25?,29+,30?/m1/s1. The maximum atomic E-state index is 14.7. The predicted octanol–water partition coefficient (Wildman–Crippen LogP) is 4.11. The van der Waals surface area contributed by atoms with Gasteiger partial charge in [-0.1, -0.05) is 55.7 Å². The molecule has 1 spiro atoms. The summed E-state index contributed by atoms with van der Waals surface area (Å²) in [6.45, 7) is 8.12. The molecule has 2 bridgehead atoms. The molecule has 0 aromatic heterocycles. The van der Waals surface area contributed by atoms with Gasteiger partial charge in [-0.15, -0.1) is 18.3 Å². The minimum Gasteiger partial charge on any atom is -0.466 e. The Hall–Kier alpha value is -2.32. The zero-order valence-electron chi connectivity index (χ0n) is 22.5. The fourth-order valence-electron chi connectivity index (χ4n) is 7.71. The molecule has 7 nitrogen and oxygen atoms in total. The summed E-state index contributed by atoms with van der Waals surface area (Å²) < 4.78 is 4.29. The fraction of sp³-hybridized carbons (Fsp3) is 0.633. The van der Waals surface area contributed by atoms with E-state index in [-0.39, 0.29) is 37.0 Å². The molecule has 1 aromatic rings. The van der Waals surface area contributed by atoms with Crippen LogP contribution in [0.1, 0.15) is 70.4 Å². The van der Waals surface area contributed by atoms with Crippen molar-refractivity contribution in [3.05, 3.63) is 48.6 Å². The lowest BCUT2D eigenvalue weighted by Crippen LogP contribution is -2.57. The molecule has 38 heavy (non-hydrogen) atoms. The van der Waals surface area contributed by atoms with Crippen LogP contribution in [0.4, 0.5) is 0 Å². The molecule has 4 fully saturated rings. The van der Waals surface area contributed by atoms with E-state index in [1.807, 2.05) is 35.2 Å². The lowest BCUT2D eigenvalue weighted by Gasteiger charge is -2.42. The minimum absolute atomic E-state index is 0.0803. The Balaban J connectivity index is 1.63. The summed E-state index contributed by atoms with van der Waals surface area (Å²) in [5, 5.41) is 10.7. The van der Waals surface area contributed by atoms with Crippen molar-refractivity contribution in [3.63, 3.8) is 0 Å². The van der Waals surface area contributed by atoms with Crippen LogP contribution >= 0.6 is 11.8 Å². The van der Waals surface area contributed by atoms with Crippen LogP contribution in [0.25, 0.3) is 0 Å². The molecule has 1 saturated carbocycles. The first-order valence-electron chi connectivity index (χ1n) is 14.1. The molecule has 8 heteroatoms. The Bertz CT molecular complexity index is 1080. The van der Waals surface area contributed by atoms with Gasteiger partial charge < -0.3 is 19.6 Å². The Labute approximate surface area is 230 Å².